The molecule has 0 spiro atoms. The average molecular weight is 199 g/mol. The van der Waals surface area contributed by atoms with E-state index in [0.29, 0.717) is 26.0 Å². The van der Waals surface area contributed by atoms with E-state index in [1.165, 1.54) is 0 Å². The van der Waals surface area contributed by atoms with Crippen molar-refractivity contribution in [3.63, 3.8) is 0 Å². The van der Waals surface area contributed by atoms with Crippen LogP contribution in [0.2, 0.25) is 0 Å². The molecule has 14 heavy (non-hydrogen) atoms. The van der Waals surface area contributed by atoms with Crippen LogP contribution >= 0.6 is 0 Å². The van der Waals surface area contributed by atoms with E-state index in [1.807, 2.05) is 0 Å². The van der Waals surface area contributed by atoms with Gasteiger partial charge in [0.05, 0.1) is 31.7 Å². The Labute approximate surface area is 81.7 Å². The normalized spacial score (nSPS) is 32.6. The van der Waals surface area contributed by atoms with Crippen LogP contribution in [0.15, 0.2) is 0 Å². The second-order valence-electron chi connectivity index (χ2n) is 3.60. The lowest BCUT2D eigenvalue weighted by Gasteiger charge is -2.24. The minimum Gasteiger partial charge on any atom is -0.465 e. The van der Waals surface area contributed by atoms with E-state index in [-0.39, 0.29) is 24.1 Å². The van der Waals surface area contributed by atoms with Crippen molar-refractivity contribution in [1.29, 1.82) is 0 Å². The Morgan fingerprint density at radius 1 is 1.29 bits per heavy atom. The molecule has 2 aliphatic heterocycles. The first-order chi connectivity index (χ1) is 6.74. The van der Waals surface area contributed by atoms with Gasteiger partial charge in [0.15, 0.2) is 0 Å². The van der Waals surface area contributed by atoms with Crippen LogP contribution in [0.25, 0.3) is 0 Å². The predicted octanol–water partition coefficient (Wildman–Crippen LogP) is -0.403. The highest BCUT2D eigenvalue weighted by atomic mass is 16.5. The SMILES string of the molecule is O=C1CC(OC2CCOC(=O)C2)CN1. The van der Waals surface area contributed by atoms with Gasteiger partial charge in [0, 0.05) is 13.0 Å². The fourth-order valence-corrected chi connectivity index (χ4v) is 1.71. The molecule has 0 aromatic heterocycles. The third-order valence-corrected chi connectivity index (χ3v) is 2.42. The molecule has 2 aliphatic rings. The number of ether oxygens (including phenoxy) is 2. The molecular formula is C9H13NO4. The molecule has 0 aliphatic carbocycles. The summed E-state index contributed by atoms with van der Waals surface area (Å²) in [6.45, 7) is 0.988. The molecule has 5 heteroatoms. The number of nitrogens with one attached hydrogen (secondary N) is 1. The van der Waals surface area contributed by atoms with Crippen molar-refractivity contribution >= 4 is 11.9 Å². The summed E-state index contributed by atoms with van der Waals surface area (Å²) < 4.78 is 10.4. The summed E-state index contributed by atoms with van der Waals surface area (Å²) in [5, 5.41) is 2.69. The van der Waals surface area contributed by atoms with E-state index in [0.717, 1.165) is 6.42 Å². The molecule has 1 amide bonds. The Morgan fingerprint density at radius 3 is 2.79 bits per heavy atom. The lowest BCUT2D eigenvalue weighted by atomic mass is 10.1. The molecule has 2 unspecified atom stereocenters. The number of hydrogen-bond acceptors (Lipinski definition) is 4. The van der Waals surface area contributed by atoms with Gasteiger partial charge in [0.2, 0.25) is 5.91 Å². The van der Waals surface area contributed by atoms with E-state index >= 15 is 0 Å². The van der Waals surface area contributed by atoms with Crippen molar-refractivity contribution in [2.45, 2.75) is 31.5 Å². The molecule has 2 fully saturated rings. The highest BCUT2D eigenvalue weighted by molar-refractivity contribution is 5.78. The fraction of sp³-hybridized carbons (Fsp3) is 0.778. The zero-order valence-corrected chi connectivity index (χ0v) is 7.82. The highest BCUT2D eigenvalue weighted by Crippen LogP contribution is 2.16. The van der Waals surface area contributed by atoms with Crippen LogP contribution in [-0.2, 0) is 19.1 Å². The van der Waals surface area contributed by atoms with E-state index in [4.69, 9.17) is 9.47 Å². The van der Waals surface area contributed by atoms with Crippen molar-refractivity contribution < 1.29 is 19.1 Å². The first kappa shape index (κ1) is 9.45. The molecular weight excluding hydrogens is 186 g/mol. The standard InChI is InChI=1S/C9H13NO4/c11-8-3-7(5-10-8)14-6-1-2-13-9(12)4-6/h6-7H,1-5H2,(H,10,11). The Hall–Kier alpha value is -1.10. The van der Waals surface area contributed by atoms with Gasteiger partial charge in [-0.25, -0.2) is 0 Å². The molecule has 0 saturated carbocycles. The van der Waals surface area contributed by atoms with Gasteiger partial charge in [0.1, 0.15) is 0 Å². The van der Waals surface area contributed by atoms with Crippen LogP contribution in [-0.4, -0.2) is 37.2 Å². The van der Waals surface area contributed by atoms with Gasteiger partial charge >= 0.3 is 5.97 Å². The second-order valence-corrected chi connectivity index (χ2v) is 3.60. The topological polar surface area (TPSA) is 64.6 Å². The third kappa shape index (κ3) is 2.23. The summed E-state index contributed by atoms with van der Waals surface area (Å²) >= 11 is 0. The zero-order chi connectivity index (χ0) is 9.97. The number of carbonyl (C=O) groups is 2. The van der Waals surface area contributed by atoms with Crippen molar-refractivity contribution in [2.75, 3.05) is 13.2 Å². The van der Waals surface area contributed by atoms with Crippen molar-refractivity contribution in [3.05, 3.63) is 0 Å². The van der Waals surface area contributed by atoms with E-state index < -0.39 is 0 Å². The summed E-state index contributed by atoms with van der Waals surface area (Å²) in [7, 11) is 0. The van der Waals surface area contributed by atoms with Crippen molar-refractivity contribution in [2.24, 2.45) is 0 Å². The molecule has 1 N–H and O–H groups in total. The molecule has 0 bridgehead atoms. The molecule has 5 nitrogen and oxygen atoms in total. The molecule has 0 radical (unpaired) electrons. The second kappa shape index (κ2) is 3.96. The fourth-order valence-electron chi connectivity index (χ4n) is 1.71. The summed E-state index contributed by atoms with van der Waals surface area (Å²) in [5.74, 6) is -0.188. The summed E-state index contributed by atoms with van der Waals surface area (Å²) in [6.07, 6.45) is 1.31. The smallest absolute Gasteiger partial charge is 0.308 e. The zero-order valence-electron chi connectivity index (χ0n) is 7.82. The molecule has 2 atom stereocenters. The molecule has 0 aromatic carbocycles. The van der Waals surface area contributed by atoms with E-state index in [9.17, 15) is 9.59 Å². The number of hydrogen-bond donors (Lipinski definition) is 1. The van der Waals surface area contributed by atoms with Crippen LogP contribution in [0.1, 0.15) is 19.3 Å². The van der Waals surface area contributed by atoms with Crippen LogP contribution in [0.5, 0.6) is 0 Å². The summed E-state index contributed by atoms with van der Waals surface area (Å²) in [5.41, 5.74) is 0. The number of esters is 1. The first-order valence-electron chi connectivity index (χ1n) is 4.82. The van der Waals surface area contributed by atoms with Crippen LogP contribution in [0.4, 0.5) is 0 Å². The van der Waals surface area contributed by atoms with Crippen LogP contribution < -0.4 is 5.32 Å². The lowest BCUT2D eigenvalue weighted by molar-refractivity contribution is -0.156. The average Bonchev–Trinajstić information content (AvgIpc) is 2.51. The summed E-state index contributed by atoms with van der Waals surface area (Å²) in [6, 6.07) is 0. The minimum atomic E-state index is -0.210. The largest absolute Gasteiger partial charge is 0.465 e. The van der Waals surface area contributed by atoms with E-state index in [2.05, 4.69) is 5.32 Å². The number of cyclic esters (lactones) is 1. The maximum atomic E-state index is 10.9. The molecule has 2 saturated heterocycles. The van der Waals surface area contributed by atoms with Crippen molar-refractivity contribution in [1.82, 2.24) is 5.32 Å². The Balaban J connectivity index is 1.79. The first-order valence-corrected chi connectivity index (χ1v) is 4.82. The van der Waals surface area contributed by atoms with Gasteiger partial charge < -0.3 is 14.8 Å². The third-order valence-electron chi connectivity index (χ3n) is 2.42. The number of carbonyl (C=O) groups excluding carboxylic acids is 2. The highest BCUT2D eigenvalue weighted by Gasteiger charge is 2.28. The van der Waals surface area contributed by atoms with Gasteiger partial charge in [-0.05, 0) is 0 Å². The number of rotatable bonds is 2. The monoisotopic (exact) mass is 199 g/mol. The minimum absolute atomic E-state index is 0.0217. The molecule has 0 aromatic rings. The predicted molar refractivity (Wildman–Crippen MR) is 46.5 cm³/mol. The molecule has 2 heterocycles. The van der Waals surface area contributed by atoms with Gasteiger partial charge in [-0.2, -0.15) is 0 Å². The van der Waals surface area contributed by atoms with Crippen LogP contribution in [0.3, 0.4) is 0 Å². The molecule has 78 valence electrons. The van der Waals surface area contributed by atoms with Crippen LogP contribution in [0, 0.1) is 0 Å². The van der Waals surface area contributed by atoms with Gasteiger partial charge in [-0.1, -0.05) is 0 Å². The van der Waals surface area contributed by atoms with Gasteiger partial charge in [-0.15, -0.1) is 0 Å². The Kier molecular flexibility index (Phi) is 2.67. The van der Waals surface area contributed by atoms with Gasteiger partial charge in [-0.3, -0.25) is 9.59 Å². The maximum Gasteiger partial charge on any atom is 0.308 e. The van der Waals surface area contributed by atoms with Gasteiger partial charge in [0.25, 0.3) is 0 Å². The quantitative estimate of drug-likeness (QED) is 0.614. The molecule has 2 rings (SSSR count). The Bertz CT molecular complexity index is 253. The van der Waals surface area contributed by atoms with Crippen molar-refractivity contribution in [3.8, 4) is 0 Å². The Morgan fingerprint density at radius 2 is 2.14 bits per heavy atom. The maximum absolute atomic E-state index is 10.9. The number of amides is 1. The summed E-state index contributed by atoms with van der Waals surface area (Å²) in [4.78, 5) is 21.8. The van der Waals surface area contributed by atoms with E-state index in [1.54, 1.807) is 0 Å². The lowest BCUT2D eigenvalue weighted by Crippen LogP contribution is -2.31.